The Balaban J connectivity index is 1.60. The second-order valence-electron chi connectivity index (χ2n) is 12.0. The van der Waals surface area contributed by atoms with E-state index >= 15 is 0 Å². The topological polar surface area (TPSA) is 94.2 Å². The molecule has 0 radical (unpaired) electrons. The van der Waals surface area contributed by atoms with E-state index in [2.05, 4.69) is 5.32 Å². The van der Waals surface area contributed by atoms with Crippen molar-refractivity contribution in [1.82, 2.24) is 0 Å². The van der Waals surface area contributed by atoms with Gasteiger partial charge in [0.15, 0.2) is 0 Å². The number of benzene rings is 3. The zero-order chi connectivity index (χ0) is 32.0. The van der Waals surface area contributed by atoms with E-state index in [0.29, 0.717) is 52.5 Å². The van der Waals surface area contributed by atoms with Crippen LogP contribution in [0.2, 0.25) is 5.02 Å². The fraction of sp³-hybridized carbons (Fsp3) is 0.412. The quantitative estimate of drug-likeness (QED) is 0.210. The van der Waals surface area contributed by atoms with Crippen molar-refractivity contribution in [2.45, 2.75) is 60.5 Å². The first kappa shape index (κ1) is 33.9. The van der Waals surface area contributed by atoms with Crippen molar-refractivity contribution in [3.05, 3.63) is 93.5 Å². The summed E-state index contributed by atoms with van der Waals surface area (Å²) in [7, 11) is -3.92. The number of hydrogen-bond donors (Lipinski definition) is 1. The molecule has 1 aliphatic heterocycles. The van der Waals surface area contributed by atoms with Gasteiger partial charge in [0.1, 0.15) is 0 Å². The Morgan fingerprint density at radius 2 is 1.61 bits per heavy atom. The van der Waals surface area contributed by atoms with Gasteiger partial charge >= 0.3 is 7.82 Å². The number of hydrogen-bond acceptors (Lipinski definition) is 6. The summed E-state index contributed by atoms with van der Waals surface area (Å²) in [6.07, 6.45) is 0.410. The number of phosphoric acid groups is 1. The van der Waals surface area contributed by atoms with Crippen molar-refractivity contribution in [2.24, 2.45) is 11.8 Å². The minimum Gasteiger partial charge on any atom is -0.322 e. The minimum atomic E-state index is -3.92. The molecule has 1 N–H and O–H groups in total. The van der Waals surface area contributed by atoms with Crippen LogP contribution in [0.15, 0.2) is 60.7 Å². The van der Waals surface area contributed by atoms with Crippen LogP contribution >= 0.6 is 19.4 Å². The van der Waals surface area contributed by atoms with Gasteiger partial charge in [0.2, 0.25) is 0 Å². The summed E-state index contributed by atoms with van der Waals surface area (Å²) in [5.74, 6) is -0.148. The Morgan fingerprint density at radius 3 is 2.25 bits per heavy atom. The molecule has 1 atom stereocenters. The van der Waals surface area contributed by atoms with Gasteiger partial charge in [0.25, 0.3) is 11.8 Å². The van der Waals surface area contributed by atoms with Crippen LogP contribution < -0.4 is 10.2 Å². The van der Waals surface area contributed by atoms with Gasteiger partial charge in [-0.25, -0.2) is 4.57 Å². The van der Waals surface area contributed by atoms with Gasteiger partial charge in [-0.1, -0.05) is 57.5 Å². The lowest BCUT2D eigenvalue weighted by atomic mass is 10.0. The highest BCUT2D eigenvalue weighted by molar-refractivity contribution is 7.48. The molecule has 0 saturated carbocycles. The van der Waals surface area contributed by atoms with Crippen molar-refractivity contribution in [2.75, 3.05) is 30.0 Å². The zero-order valence-corrected chi connectivity index (χ0v) is 27.9. The van der Waals surface area contributed by atoms with Crippen LogP contribution in [0.5, 0.6) is 0 Å². The Bertz CT molecular complexity index is 1530. The Hall–Kier alpha value is -3.00. The molecular weight excluding hydrogens is 599 g/mol. The maximum atomic E-state index is 14.0. The molecule has 10 heteroatoms. The molecule has 236 valence electrons. The van der Waals surface area contributed by atoms with Gasteiger partial charge in [0.05, 0.1) is 19.3 Å². The van der Waals surface area contributed by atoms with E-state index in [-0.39, 0.29) is 36.9 Å². The molecule has 0 saturated heterocycles. The molecule has 2 amide bonds. The van der Waals surface area contributed by atoms with Gasteiger partial charge in [-0.2, -0.15) is 0 Å². The lowest BCUT2D eigenvalue weighted by Gasteiger charge is -2.27. The number of rotatable bonds is 11. The third-order valence-electron chi connectivity index (χ3n) is 7.21. The third-order valence-corrected chi connectivity index (χ3v) is 8.89. The Morgan fingerprint density at radius 1 is 0.932 bits per heavy atom. The van der Waals surface area contributed by atoms with E-state index in [9.17, 15) is 14.2 Å². The molecule has 44 heavy (non-hydrogen) atoms. The lowest BCUT2D eigenvalue weighted by Crippen LogP contribution is -2.32. The van der Waals surface area contributed by atoms with Gasteiger partial charge < -0.3 is 10.2 Å². The highest BCUT2D eigenvalue weighted by Crippen LogP contribution is 2.56. The predicted octanol–water partition coefficient (Wildman–Crippen LogP) is 9.16. The molecule has 4 rings (SSSR count). The molecule has 0 aromatic heterocycles. The molecule has 1 aliphatic rings. The lowest BCUT2D eigenvalue weighted by molar-refractivity contribution is 0.0624. The van der Waals surface area contributed by atoms with Crippen LogP contribution in [-0.2, 0) is 18.1 Å². The van der Waals surface area contributed by atoms with Crippen LogP contribution in [-0.4, -0.2) is 31.6 Å². The Labute approximate surface area is 265 Å². The average molecular weight is 641 g/mol. The Kier molecular flexibility index (Phi) is 11.4. The summed E-state index contributed by atoms with van der Waals surface area (Å²) in [6, 6.07) is 17.9. The fourth-order valence-corrected chi connectivity index (χ4v) is 6.82. The van der Waals surface area contributed by atoms with Gasteiger partial charge in [-0.05, 0) is 92.1 Å². The number of aryl methyl sites for hydroxylation is 2. The van der Waals surface area contributed by atoms with Crippen molar-refractivity contribution in [3.8, 4) is 0 Å². The number of phosphoric ester groups is 1. The number of carbonyl (C=O) groups is 2. The van der Waals surface area contributed by atoms with Crippen molar-refractivity contribution in [3.63, 3.8) is 0 Å². The van der Waals surface area contributed by atoms with Gasteiger partial charge in [-0.3, -0.25) is 23.2 Å². The number of halogens is 1. The summed E-state index contributed by atoms with van der Waals surface area (Å²) < 4.78 is 31.4. The molecular formula is C34H42ClN2O6P. The molecule has 3 aromatic carbocycles. The summed E-state index contributed by atoms with van der Waals surface area (Å²) >= 11 is 6.43. The first-order chi connectivity index (χ1) is 20.9. The van der Waals surface area contributed by atoms with E-state index in [1.54, 1.807) is 47.4 Å². The largest absolute Gasteiger partial charge is 0.475 e. The second kappa shape index (κ2) is 14.9. The standard InChI is InChI=1S/C34H42ClN2O6P/c1-22(2)20-41-44(40,42-21-23(3)4)43-32-12-9-17-37(31-16-13-26(35)19-30(31)32)34(39)29-15-14-27(18-25(29)6)36-33(38)28-11-8-7-10-24(28)5/h7-8,10-11,13-16,18-19,22-23,32H,9,12,17,20-21H2,1-6H3,(H,36,38). The van der Waals surface area contributed by atoms with Crippen molar-refractivity contribution in [1.29, 1.82) is 0 Å². The molecule has 1 unspecified atom stereocenters. The van der Waals surface area contributed by atoms with Crippen LogP contribution in [0, 0.1) is 25.7 Å². The summed E-state index contributed by atoms with van der Waals surface area (Å²) in [6.45, 7) is 12.4. The molecule has 1 heterocycles. The number of carbonyl (C=O) groups excluding carboxylic acids is 2. The SMILES string of the molecule is Cc1ccccc1C(=O)Nc1ccc(C(=O)N2CCCC(OP(=O)(OCC(C)C)OCC(C)C)c3cc(Cl)ccc32)c(C)c1. The monoisotopic (exact) mass is 640 g/mol. The summed E-state index contributed by atoms with van der Waals surface area (Å²) in [4.78, 5) is 28.6. The normalized spacial score (nSPS) is 15.3. The van der Waals surface area contributed by atoms with E-state index in [0.717, 1.165) is 11.1 Å². The molecule has 0 bridgehead atoms. The first-order valence-electron chi connectivity index (χ1n) is 15.0. The van der Waals surface area contributed by atoms with Gasteiger partial charge in [0, 0.05) is 39.6 Å². The average Bonchev–Trinajstić information content (AvgIpc) is 3.14. The summed E-state index contributed by atoms with van der Waals surface area (Å²) in [5.41, 5.74) is 4.56. The number of amides is 2. The second-order valence-corrected chi connectivity index (χ2v) is 14.1. The van der Waals surface area contributed by atoms with Crippen LogP contribution in [0.3, 0.4) is 0 Å². The molecule has 0 aliphatic carbocycles. The highest BCUT2D eigenvalue weighted by atomic mass is 35.5. The van der Waals surface area contributed by atoms with Crippen molar-refractivity contribution < 1.29 is 27.7 Å². The van der Waals surface area contributed by atoms with Crippen LogP contribution in [0.25, 0.3) is 0 Å². The van der Waals surface area contributed by atoms with Crippen LogP contribution in [0.4, 0.5) is 11.4 Å². The first-order valence-corrected chi connectivity index (χ1v) is 16.9. The van der Waals surface area contributed by atoms with Gasteiger partial charge in [-0.15, -0.1) is 0 Å². The molecule has 0 spiro atoms. The number of fused-ring (bicyclic) bond motifs is 1. The molecule has 0 fully saturated rings. The highest BCUT2D eigenvalue weighted by Gasteiger charge is 2.36. The molecule has 8 nitrogen and oxygen atoms in total. The van der Waals surface area contributed by atoms with E-state index in [1.807, 2.05) is 59.7 Å². The third kappa shape index (κ3) is 8.58. The zero-order valence-electron chi connectivity index (χ0n) is 26.3. The van der Waals surface area contributed by atoms with E-state index in [4.69, 9.17) is 25.2 Å². The van der Waals surface area contributed by atoms with E-state index < -0.39 is 13.9 Å². The maximum absolute atomic E-state index is 14.0. The number of nitrogens with zero attached hydrogens (tertiary/aromatic N) is 1. The maximum Gasteiger partial charge on any atom is 0.475 e. The summed E-state index contributed by atoms with van der Waals surface area (Å²) in [5, 5.41) is 3.40. The predicted molar refractivity (Wildman–Crippen MR) is 176 cm³/mol. The fourth-order valence-electron chi connectivity index (χ4n) is 4.95. The van der Waals surface area contributed by atoms with Crippen molar-refractivity contribution >= 4 is 42.6 Å². The number of anilines is 2. The van der Waals surface area contributed by atoms with Crippen LogP contribution in [0.1, 0.15) is 84.0 Å². The minimum absolute atomic E-state index is 0.129. The number of nitrogens with one attached hydrogen (secondary N) is 1. The smallest absolute Gasteiger partial charge is 0.322 e. The van der Waals surface area contributed by atoms with E-state index in [1.165, 1.54) is 0 Å². The molecule has 3 aromatic rings.